The summed E-state index contributed by atoms with van der Waals surface area (Å²) in [6.45, 7) is -1.83. The van der Waals surface area contributed by atoms with Crippen molar-refractivity contribution in [3.63, 3.8) is 0 Å². The first-order chi connectivity index (χ1) is 15.8. The highest BCUT2D eigenvalue weighted by Crippen LogP contribution is 2.36. The number of hydrogen-bond donors (Lipinski definition) is 5. The summed E-state index contributed by atoms with van der Waals surface area (Å²) in [4.78, 5) is 8.14. The number of nitrogens with one attached hydrogen (secondary N) is 1. The lowest BCUT2D eigenvalue weighted by Gasteiger charge is -2.28. The molecule has 0 aliphatic rings. The molecule has 3 rings (SSSR count). The second kappa shape index (κ2) is 11.8. The zero-order valence-corrected chi connectivity index (χ0v) is 17.8. The Hall–Kier alpha value is -3.23. The van der Waals surface area contributed by atoms with Crippen LogP contribution >= 0.6 is 0 Å². The van der Waals surface area contributed by atoms with E-state index in [9.17, 15) is 28.5 Å². The predicted molar refractivity (Wildman–Crippen MR) is 115 cm³/mol. The van der Waals surface area contributed by atoms with E-state index >= 15 is 0 Å². The molecule has 10 nitrogen and oxygen atoms in total. The van der Waals surface area contributed by atoms with Gasteiger partial charge < -0.3 is 40.7 Å². The van der Waals surface area contributed by atoms with E-state index in [1.807, 2.05) is 0 Å². The minimum atomic E-state index is -2.15. The van der Waals surface area contributed by atoms with Crippen LogP contribution in [0.5, 0.6) is 11.5 Å². The normalized spacial score (nSPS) is 14.6. The second-order valence-corrected chi connectivity index (χ2v) is 7.01. The molecular formula is C21H24F3N3O7. The van der Waals surface area contributed by atoms with Gasteiger partial charge in [-0.05, 0) is 18.2 Å². The van der Waals surface area contributed by atoms with E-state index in [1.165, 1.54) is 19.2 Å². The maximum absolute atomic E-state index is 14.0. The second-order valence-electron chi connectivity index (χ2n) is 7.01. The highest BCUT2D eigenvalue weighted by molar-refractivity contribution is 5.93. The molecule has 1 heterocycles. The molecule has 4 atom stereocenters. The lowest BCUT2D eigenvalue weighted by atomic mass is 10.0. The largest absolute Gasteiger partial charge is 0.493 e. The molecule has 186 valence electrons. The zero-order chi connectivity index (χ0) is 24.1. The standard InChI is InChI=1S/C21H22F3N3O6.H2O/c1-32-16-5-11-14(6-17(16)33-18(8-29)20(31)19(30)13(24)7-28)25-9-26-21(11)27-15-4-10(22)2-3-12(15)23;/h2-6,9,13,18-20,28-31H,7-8H2,1H3,(H,25,26,27);1H2/t13-,18-,19+,20+;/m1./s1. The van der Waals surface area contributed by atoms with Gasteiger partial charge in [0.15, 0.2) is 23.8 Å². The summed E-state index contributed by atoms with van der Waals surface area (Å²) in [5.74, 6) is -1.16. The Labute approximate surface area is 191 Å². The van der Waals surface area contributed by atoms with Gasteiger partial charge in [0.25, 0.3) is 0 Å². The average Bonchev–Trinajstić information content (AvgIpc) is 2.82. The molecule has 0 radical (unpaired) electrons. The molecule has 13 heteroatoms. The predicted octanol–water partition coefficient (Wildman–Crippen LogP) is 0.627. The summed E-state index contributed by atoms with van der Waals surface area (Å²) in [7, 11) is 1.31. The molecule has 0 saturated heterocycles. The van der Waals surface area contributed by atoms with Crippen LogP contribution in [0.4, 0.5) is 24.7 Å². The fraction of sp³-hybridized carbons (Fsp3) is 0.333. The number of aliphatic hydroxyl groups is 4. The minimum Gasteiger partial charge on any atom is -0.493 e. The van der Waals surface area contributed by atoms with Crippen molar-refractivity contribution in [3.8, 4) is 11.5 Å². The van der Waals surface area contributed by atoms with Gasteiger partial charge in [0, 0.05) is 17.5 Å². The summed E-state index contributed by atoms with van der Waals surface area (Å²) >= 11 is 0. The zero-order valence-electron chi connectivity index (χ0n) is 17.8. The smallest absolute Gasteiger partial charge is 0.164 e. The van der Waals surface area contributed by atoms with E-state index in [4.69, 9.17) is 14.6 Å². The molecule has 3 aromatic rings. The Balaban J connectivity index is 0.00000408. The molecule has 7 N–H and O–H groups in total. The van der Waals surface area contributed by atoms with Crippen LogP contribution < -0.4 is 14.8 Å². The topological polar surface area (TPSA) is 169 Å². The fourth-order valence-electron chi connectivity index (χ4n) is 3.06. The van der Waals surface area contributed by atoms with Crippen LogP contribution in [0.2, 0.25) is 0 Å². The van der Waals surface area contributed by atoms with Crippen molar-refractivity contribution < 1.29 is 48.5 Å². The number of benzene rings is 2. The molecule has 0 bridgehead atoms. The number of alkyl halides is 1. The number of anilines is 2. The number of rotatable bonds is 10. The van der Waals surface area contributed by atoms with Crippen LogP contribution in [0.15, 0.2) is 36.7 Å². The highest BCUT2D eigenvalue weighted by Gasteiger charge is 2.34. The summed E-state index contributed by atoms with van der Waals surface area (Å²) in [5, 5.41) is 41.4. The van der Waals surface area contributed by atoms with Crippen molar-refractivity contribution in [1.29, 1.82) is 0 Å². The van der Waals surface area contributed by atoms with E-state index in [1.54, 1.807) is 0 Å². The van der Waals surface area contributed by atoms with Crippen LogP contribution in [0.3, 0.4) is 0 Å². The van der Waals surface area contributed by atoms with Gasteiger partial charge in [-0.15, -0.1) is 0 Å². The fourth-order valence-corrected chi connectivity index (χ4v) is 3.06. The number of fused-ring (bicyclic) bond motifs is 1. The van der Waals surface area contributed by atoms with Crippen LogP contribution in [0.25, 0.3) is 10.9 Å². The number of halogens is 3. The first kappa shape index (κ1) is 27.0. The van der Waals surface area contributed by atoms with E-state index in [0.29, 0.717) is 5.39 Å². The Morgan fingerprint density at radius 2 is 1.74 bits per heavy atom. The van der Waals surface area contributed by atoms with Gasteiger partial charge in [-0.3, -0.25) is 0 Å². The highest BCUT2D eigenvalue weighted by atomic mass is 19.1. The number of ether oxygens (including phenoxy) is 2. The minimum absolute atomic E-state index is 0. The third-order valence-electron chi connectivity index (χ3n) is 4.84. The maximum Gasteiger partial charge on any atom is 0.164 e. The lowest BCUT2D eigenvalue weighted by Crippen LogP contribution is -2.48. The third kappa shape index (κ3) is 5.81. The first-order valence-electron chi connectivity index (χ1n) is 9.72. The Bertz CT molecular complexity index is 1110. The molecule has 0 amide bonds. The number of aromatic nitrogens is 2. The molecule has 34 heavy (non-hydrogen) atoms. The molecule has 0 spiro atoms. The van der Waals surface area contributed by atoms with Gasteiger partial charge in [-0.25, -0.2) is 23.1 Å². The van der Waals surface area contributed by atoms with Crippen LogP contribution in [0, 0.1) is 11.6 Å². The molecule has 0 saturated carbocycles. The summed E-state index contributed by atoms with van der Waals surface area (Å²) in [6.07, 6.45) is -6.36. The average molecular weight is 487 g/mol. The molecule has 0 unspecified atom stereocenters. The van der Waals surface area contributed by atoms with Gasteiger partial charge in [0.05, 0.1) is 31.5 Å². The van der Waals surface area contributed by atoms with Crippen LogP contribution in [0.1, 0.15) is 0 Å². The molecule has 0 aliphatic heterocycles. The monoisotopic (exact) mass is 487 g/mol. The molecule has 0 aliphatic carbocycles. The Kier molecular flexibility index (Phi) is 9.35. The number of methoxy groups -OCH3 is 1. The maximum atomic E-state index is 14.0. The number of aliphatic hydroxyl groups excluding tert-OH is 4. The van der Waals surface area contributed by atoms with Crippen LogP contribution in [-0.4, -0.2) is 80.7 Å². The Morgan fingerprint density at radius 3 is 2.38 bits per heavy atom. The molecule has 1 aromatic heterocycles. The lowest BCUT2D eigenvalue weighted by molar-refractivity contribution is -0.0981. The molecular weight excluding hydrogens is 463 g/mol. The van der Waals surface area contributed by atoms with Crippen LogP contribution in [-0.2, 0) is 0 Å². The van der Waals surface area contributed by atoms with Crippen molar-refractivity contribution in [1.82, 2.24) is 9.97 Å². The van der Waals surface area contributed by atoms with Crippen molar-refractivity contribution in [2.75, 3.05) is 25.6 Å². The van der Waals surface area contributed by atoms with E-state index < -0.39 is 49.3 Å². The molecule has 2 aromatic carbocycles. The van der Waals surface area contributed by atoms with Crippen molar-refractivity contribution in [2.45, 2.75) is 24.5 Å². The Morgan fingerprint density at radius 1 is 1.00 bits per heavy atom. The van der Waals surface area contributed by atoms with Gasteiger partial charge in [0.2, 0.25) is 0 Å². The van der Waals surface area contributed by atoms with E-state index in [-0.39, 0.29) is 34.0 Å². The summed E-state index contributed by atoms with van der Waals surface area (Å²) in [5.41, 5.74) is 0.113. The SMILES string of the molecule is COc1cc2c(Nc3cc(F)ccc3F)ncnc2cc1O[C@H](CO)[C@H](O)[C@@H](O)[C@H](F)CO.O. The summed E-state index contributed by atoms with van der Waals surface area (Å²) in [6, 6.07) is 5.68. The third-order valence-corrected chi connectivity index (χ3v) is 4.84. The summed E-state index contributed by atoms with van der Waals surface area (Å²) < 4.78 is 51.9. The van der Waals surface area contributed by atoms with Gasteiger partial charge in [-0.1, -0.05) is 0 Å². The van der Waals surface area contributed by atoms with Gasteiger partial charge in [-0.2, -0.15) is 0 Å². The quantitative estimate of drug-likeness (QED) is 0.275. The van der Waals surface area contributed by atoms with Crippen molar-refractivity contribution in [2.24, 2.45) is 0 Å². The van der Waals surface area contributed by atoms with Gasteiger partial charge in [0.1, 0.15) is 36.0 Å². The molecule has 0 fully saturated rings. The number of nitrogens with zero attached hydrogens (tertiary/aromatic N) is 2. The van der Waals surface area contributed by atoms with E-state index in [2.05, 4.69) is 15.3 Å². The van der Waals surface area contributed by atoms with Crippen molar-refractivity contribution in [3.05, 3.63) is 48.3 Å². The number of hydrogen-bond acceptors (Lipinski definition) is 9. The van der Waals surface area contributed by atoms with Gasteiger partial charge >= 0.3 is 0 Å². The first-order valence-corrected chi connectivity index (χ1v) is 9.72. The van der Waals surface area contributed by atoms with Crippen molar-refractivity contribution >= 4 is 22.4 Å². The van der Waals surface area contributed by atoms with E-state index in [0.717, 1.165) is 24.5 Å².